The van der Waals surface area contributed by atoms with E-state index >= 15 is 0 Å². The van der Waals surface area contributed by atoms with Crippen LogP contribution < -0.4 is 5.73 Å². The van der Waals surface area contributed by atoms with Gasteiger partial charge in [0.25, 0.3) is 0 Å². The molecule has 0 saturated carbocycles. The van der Waals surface area contributed by atoms with Gasteiger partial charge in [0.1, 0.15) is 0 Å². The van der Waals surface area contributed by atoms with Crippen LogP contribution in [0.2, 0.25) is 0 Å². The summed E-state index contributed by atoms with van der Waals surface area (Å²) in [6, 6.07) is 9.74. The zero-order valence-corrected chi connectivity index (χ0v) is 9.83. The number of aliphatic hydroxyl groups is 1. The molecule has 84 valence electrons. The highest BCUT2D eigenvalue weighted by molar-refractivity contribution is 5.21. The molecular weight excluding hydrogens is 186 g/mol. The Bertz CT molecular complexity index is 304. The van der Waals surface area contributed by atoms with Crippen LogP contribution in [0.4, 0.5) is 0 Å². The predicted molar refractivity (Wildman–Crippen MR) is 63.5 cm³/mol. The van der Waals surface area contributed by atoms with Gasteiger partial charge in [-0.05, 0) is 30.9 Å². The summed E-state index contributed by atoms with van der Waals surface area (Å²) >= 11 is 0. The van der Waals surface area contributed by atoms with E-state index in [4.69, 9.17) is 5.73 Å². The normalized spacial score (nSPS) is 16.1. The summed E-state index contributed by atoms with van der Waals surface area (Å²) < 4.78 is 0. The summed E-state index contributed by atoms with van der Waals surface area (Å²) in [6.07, 6.45) is 0.667. The van der Waals surface area contributed by atoms with Gasteiger partial charge in [-0.25, -0.2) is 0 Å². The molecular formula is C13H21NO. The Morgan fingerprint density at radius 2 is 1.67 bits per heavy atom. The van der Waals surface area contributed by atoms with Crippen molar-refractivity contribution in [3.63, 3.8) is 0 Å². The van der Waals surface area contributed by atoms with E-state index < -0.39 is 5.60 Å². The second-order valence-corrected chi connectivity index (χ2v) is 5.18. The van der Waals surface area contributed by atoms with E-state index in [1.165, 1.54) is 0 Å². The fourth-order valence-corrected chi connectivity index (χ4v) is 1.90. The molecule has 0 spiro atoms. The molecule has 1 rings (SSSR count). The van der Waals surface area contributed by atoms with Crippen molar-refractivity contribution in [2.24, 2.45) is 11.1 Å². The zero-order valence-electron chi connectivity index (χ0n) is 9.83. The maximum absolute atomic E-state index is 10.4. The molecule has 2 nitrogen and oxygen atoms in total. The van der Waals surface area contributed by atoms with E-state index in [0.29, 0.717) is 13.0 Å². The van der Waals surface area contributed by atoms with E-state index in [-0.39, 0.29) is 5.41 Å². The molecule has 1 atom stereocenters. The van der Waals surface area contributed by atoms with Crippen LogP contribution in [0.1, 0.15) is 32.8 Å². The number of nitrogens with two attached hydrogens (primary N) is 1. The molecule has 0 heterocycles. The van der Waals surface area contributed by atoms with Crippen molar-refractivity contribution in [2.75, 3.05) is 6.54 Å². The zero-order chi connectivity index (χ0) is 11.5. The topological polar surface area (TPSA) is 46.2 Å². The number of hydrogen-bond acceptors (Lipinski definition) is 2. The minimum Gasteiger partial charge on any atom is -0.385 e. The molecule has 0 aliphatic rings. The van der Waals surface area contributed by atoms with Gasteiger partial charge in [-0.1, -0.05) is 44.2 Å². The van der Waals surface area contributed by atoms with Gasteiger partial charge in [0.2, 0.25) is 0 Å². The third-order valence-corrected chi connectivity index (χ3v) is 2.77. The highest BCUT2D eigenvalue weighted by atomic mass is 16.3. The van der Waals surface area contributed by atoms with E-state index in [2.05, 4.69) is 13.8 Å². The van der Waals surface area contributed by atoms with Gasteiger partial charge in [0.05, 0.1) is 5.60 Å². The van der Waals surface area contributed by atoms with Crippen molar-refractivity contribution in [2.45, 2.75) is 32.8 Å². The first-order chi connectivity index (χ1) is 6.87. The van der Waals surface area contributed by atoms with Crippen LogP contribution in [0.3, 0.4) is 0 Å². The van der Waals surface area contributed by atoms with E-state index in [0.717, 1.165) is 5.56 Å². The Balaban J connectivity index is 2.85. The molecule has 0 aliphatic heterocycles. The largest absolute Gasteiger partial charge is 0.385 e. The van der Waals surface area contributed by atoms with Crippen LogP contribution in [0.5, 0.6) is 0 Å². The summed E-state index contributed by atoms with van der Waals surface area (Å²) in [5.74, 6) is 0. The number of rotatable bonds is 4. The van der Waals surface area contributed by atoms with Crippen LogP contribution >= 0.6 is 0 Å². The quantitative estimate of drug-likeness (QED) is 0.795. The molecule has 2 heteroatoms. The fourth-order valence-electron chi connectivity index (χ4n) is 1.90. The van der Waals surface area contributed by atoms with Crippen molar-refractivity contribution in [1.82, 2.24) is 0 Å². The Kier molecular flexibility index (Phi) is 3.53. The lowest BCUT2D eigenvalue weighted by atomic mass is 9.78. The molecule has 0 bridgehead atoms. The Morgan fingerprint density at radius 1 is 1.13 bits per heavy atom. The maximum Gasteiger partial charge on any atom is 0.0874 e. The molecule has 1 unspecified atom stereocenters. The Labute approximate surface area is 92.1 Å². The summed E-state index contributed by atoms with van der Waals surface area (Å²) in [4.78, 5) is 0. The monoisotopic (exact) mass is 207 g/mol. The van der Waals surface area contributed by atoms with Gasteiger partial charge in [0.15, 0.2) is 0 Å². The second kappa shape index (κ2) is 4.33. The highest BCUT2D eigenvalue weighted by Gasteiger charge is 2.30. The molecule has 1 aromatic rings. The first-order valence-electron chi connectivity index (χ1n) is 5.35. The third-order valence-electron chi connectivity index (χ3n) is 2.77. The average molecular weight is 207 g/mol. The molecule has 0 saturated heterocycles. The predicted octanol–water partition coefficient (Wildman–Crippen LogP) is 2.27. The van der Waals surface area contributed by atoms with Gasteiger partial charge in [0, 0.05) is 0 Å². The van der Waals surface area contributed by atoms with Gasteiger partial charge >= 0.3 is 0 Å². The summed E-state index contributed by atoms with van der Waals surface area (Å²) in [5.41, 5.74) is 5.79. The highest BCUT2D eigenvalue weighted by Crippen LogP contribution is 2.33. The summed E-state index contributed by atoms with van der Waals surface area (Å²) in [7, 11) is 0. The first-order valence-corrected chi connectivity index (χ1v) is 5.35. The van der Waals surface area contributed by atoms with E-state index in [1.54, 1.807) is 0 Å². The lowest BCUT2D eigenvalue weighted by molar-refractivity contribution is 0.0126. The fraction of sp³-hybridized carbons (Fsp3) is 0.538. The molecule has 3 N–H and O–H groups in total. The Morgan fingerprint density at radius 3 is 2.13 bits per heavy atom. The van der Waals surface area contributed by atoms with Crippen molar-refractivity contribution >= 4 is 0 Å². The van der Waals surface area contributed by atoms with Crippen LogP contribution in [0.15, 0.2) is 30.3 Å². The van der Waals surface area contributed by atoms with Gasteiger partial charge < -0.3 is 10.8 Å². The maximum atomic E-state index is 10.4. The van der Waals surface area contributed by atoms with Crippen molar-refractivity contribution in [1.29, 1.82) is 0 Å². The van der Waals surface area contributed by atoms with Crippen LogP contribution in [0.25, 0.3) is 0 Å². The van der Waals surface area contributed by atoms with Gasteiger partial charge in [-0.3, -0.25) is 0 Å². The molecule has 0 aromatic heterocycles. The average Bonchev–Trinajstić information content (AvgIpc) is 2.18. The minimum absolute atomic E-state index is 0.0423. The number of benzene rings is 1. The minimum atomic E-state index is -0.801. The lowest BCUT2D eigenvalue weighted by Gasteiger charge is -2.33. The smallest absolute Gasteiger partial charge is 0.0874 e. The van der Waals surface area contributed by atoms with Crippen molar-refractivity contribution in [3.8, 4) is 0 Å². The standard InChI is InChI=1S/C13H21NO/c1-12(2,10-14)9-13(3,15)11-7-5-4-6-8-11/h4-8,15H,9-10,14H2,1-3H3. The van der Waals surface area contributed by atoms with Crippen LogP contribution in [-0.4, -0.2) is 11.7 Å². The molecule has 0 fully saturated rings. The first kappa shape index (κ1) is 12.2. The summed E-state index contributed by atoms with van der Waals surface area (Å²) in [6.45, 7) is 6.57. The van der Waals surface area contributed by atoms with E-state index in [1.807, 2.05) is 37.3 Å². The van der Waals surface area contributed by atoms with Crippen molar-refractivity contribution < 1.29 is 5.11 Å². The lowest BCUT2D eigenvalue weighted by Crippen LogP contribution is -2.34. The third kappa shape index (κ3) is 3.33. The van der Waals surface area contributed by atoms with Crippen molar-refractivity contribution in [3.05, 3.63) is 35.9 Å². The van der Waals surface area contributed by atoms with Crippen LogP contribution in [-0.2, 0) is 5.60 Å². The molecule has 1 aromatic carbocycles. The molecule has 0 amide bonds. The summed E-state index contributed by atoms with van der Waals surface area (Å²) in [5, 5.41) is 10.4. The molecule has 15 heavy (non-hydrogen) atoms. The molecule has 0 radical (unpaired) electrons. The molecule has 0 aliphatic carbocycles. The Hall–Kier alpha value is -0.860. The SMILES string of the molecule is CC(C)(CN)CC(C)(O)c1ccccc1. The second-order valence-electron chi connectivity index (χ2n) is 5.18. The van der Waals surface area contributed by atoms with E-state index in [9.17, 15) is 5.11 Å². The van der Waals surface area contributed by atoms with Gasteiger partial charge in [-0.2, -0.15) is 0 Å². The number of hydrogen-bond donors (Lipinski definition) is 2. The van der Waals surface area contributed by atoms with Gasteiger partial charge in [-0.15, -0.1) is 0 Å². The van der Waals surface area contributed by atoms with Crippen LogP contribution in [0, 0.1) is 5.41 Å².